The third-order valence-corrected chi connectivity index (χ3v) is 6.69. The van der Waals surface area contributed by atoms with Gasteiger partial charge in [-0.15, -0.1) is 0 Å². The largest absolute Gasteiger partial charge is 0.493 e. The monoisotopic (exact) mass is 467 g/mol. The van der Waals surface area contributed by atoms with Crippen LogP contribution in [0.4, 0.5) is 5.82 Å². The Balaban J connectivity index is 1.46. The number of carbonyl (C=O) groups is 1. The second-order valence-corrected chi connectivity index (χ2v) is 8.80. The number of hydrogen-bond acceptors (Lipinski definition) is 5. The second-order valence-electron chi connectivity index (χ2n) is 8.80. The molecule has 2 heterocycles. The zero-order valence-corrected chi connectivity index (χ0v) is 20.3. The SMILES string of the molecule is COc1cc2c(cc1OC)CN(c1cc(C(=O)NCc3ccccc3C)c3ccccc3n1)CC2. The third kappa shape index (κ3) is 4.52. The van der Waals surface area contributed by atoms with Crippen LogP contribution in [0.2, 0.25) is 0 Å². The van der Waals surface area contributed by atoms with Crippen LogP contribution in [-0.2, 0) is 19.5 Å². The predicted octanol–water partition coefficient (Wildman–Crippen LogP) is 5.05. The van der Waals surface area contributed by atoms with E-state index >= 15 is 0 Å². The van der Waals surface area contributed by atoms with Crippen molar-refractivity contribution in [2.75, 3.05) is 25.7 Å². The Hall–Kier alpha value is -4.06. The number of anilines is 1. The van der Waals surface area contributed by atoms with Gasteiger partial charge in [-0.1, -0.05) is 42.5 Å². The van der Waals surface area contributed by atoms with Crippen LogP contribution < -0.4 is 19.7 Å². The lowest BCUT2D eigenvalue weighted by molar-refractivity contribution is 0.0952. The Bertz CT molecular complexity index is 1400. The number of hydrogen-bond donors (Lipinski definition) is 1. The minimum absolute atomic E-state index is 0.100. The highest BCUT2D eigenvalue weighted by atomic mass is 16.5. The molecule has 1 N–H and O–H groups in total. The van der Waals surface area contributed by atoms with Crippen molar-refractivity contribution < 1.29 is 14.3 Å². The molecular formula is C29H29N3O3. The van der Waals surface area contributed by atoms with Crippen molar-refractivity contribution in [1.29, 1.82) is 0 Å². The molecule has 0 fully saturated rings. The van der Waals surface area contributed by atoms with E-state index in [9.17, 15) is 4.79 Å². The highest BCUT2D eigenvalue weighted by Crippen LogP contribution is 2.35. The van der Waals surface area contributed by atoms with Gasteiger partial charge >= 0.3 is 0 Å². The van der Waals surface area contributed by atoms with Crippen molar-refractivity contribution in [3.63, 3.8) is 0 Å². The van der Waals surface area contributed by atoms with E-state index in [1.807, 2.05) is 54.6 Å². The van der Waals surface area contributed by atoms with Crippen LogP contribution in [0.15, 0.2) is 66.7 Å². The van der Waals surface area contributed by atoms with E-state index in [4.69, 9.17) is 14.5 Å². The first kappa shape index (κ1) is 22.7. The Kier molecular flexibility index (Phi) is 6.27. The summed E-state index contributed by atoms with van der Waals surface area (Å²) >= 11 is 0. The van der Waals surface area contributed by atoms with E-state index in [2.05, 4.69) is 29.3 Å². The van der Waals surface area contributed by atoms with Gasteiger partial charge in [0, 0.05) is 25.0 Å². The zero-order valence-electron chi connectivity index (χ0n) is 20.3. The molecule has 1 aromatic heterocycles. The zero-order chi connectivity index (χ0) is 24.4. The molecule has 0 unspecified atom stereocenters. The summed E-state index contributed by atoms with van der Waals surface area (Å²) in [6, 6.07) is 21.9. The molecule has 0 aliphatic carbocycles. The minimum Gasteiger partial charge on any atom is -0.493 e. The number of fused-ring (bicyclic) bond motifs is 2. The highest BCUT2D eigenvalue weighted by molar-refractivity contribution is 6.07. The van der Waals surface area contributed by atoms with Crippen LogP contribution in [0.3, 0.4) is 0 Å². The van der Waals surface area contributed by atoms with Crippen molar-refractivity contribution in [1.82, 2.24) is 10.3 Å². The van der Waals surface area contributed by atoms with Crippen molar-refractivity contribution >= 4 is 22.6 Å². The number of ether oxygens (including phenoxy) is 2. The quantitative estimate of drug-likeness (QED) is 0.430. The average molecular weight is 468 g/mol. The van der Waals surface area contributed by atoms with Gasteiger partial charge in [-0.05, 0) is 59.9 Å². The molecule has 4 aromatic rings. The van der Waals surface area contributed by atoms with Crippen LogP contribution in [0.5, 0.6) is 11.5 Å². The van der Waals surface area contributed by atoms with Crippen LogP contribution in [-0.4, -0.2) is 31.7 Å². The van der Waals surface area contributed by atoms with Crippen molar-refractivity contribution in [2.24, 2.45) is 0 Å². The fourth-order valence-electron chi connectivity index (χ4n) is 4.67. The summed E-state index contributed by atoms with van der Waals surface area (Å²) < 4.78 is 11.0. The van der Waals surface area contributed by atoms with Gasteiger partial charge in [0.25, 0.3) is 5.91 Å². The maximum atomic E-state index is 13.3. The van der Waals surface area contributed by atoms with E-state index in [0.29, 0.717) is 18.7 Å². The fraction of sp³-hybridized carbons (Fsp3) is 0.241. The summed E-state index contributed by atoms with van der Waals surface area (Å²) in [4.78, 5) is 20.5. The number of para-hydroxylation sites is 1. The van der Waals surface area contributed by atoms with E-state index in [1.54, 1.807) is 14.2 Å². The Morgan fingerprint density at radius 2 is 1.69 bits per heavy atom. The number of amides is 1. The Labute approximate surface area is 205 Å². The summed E-state index contributed by atoms with van der Waals surface area (Å²) in [6.07, 6.45) is 0.860. The molecule has 0 bridgehead atoms. The Morgan fingerprint density at radius 3 is 2.46 bits per heavy atom. The first-order chi connectivity index (χ1) is 17.1. The standard InChI is InChI=1S/C29H29N3O3/c1-19-8-4-5-9-21(19)17-30-29(33)24-16-28(31-25-11-7-6-10-23(24)25)32-13-12-20-14-26(34-2)27(35-3)15-22(20)18-32/h4-11,14-16H,12-13,17-18H2,1-3H3,(H,30,33). The van der Waals surface area contributed by atoms with Crippen LogP contribution in [0.1, 0.15) is 32.6 Å². The van der Waals surface area contributed by atoms with E-state index in [-0.39, 0.29) is 5.91 Å². The molecule has 178 valence electrons. The molecule has 6 nitrogen and oxygen atoms in total. The van der Waals surface area contributed by atoms with Gasteiger partial charge in [-0.25, -0.2) is 4.98 Å². The van der Waals surface area contributed by atoms with Gasteiger partial charge < -0.3 is 19.7 Å². The number of nitrogens with one attached hydrogen (secondary N) is 1. The molecule has 0 radical (unpaired) electrons. The van der Waals surface area contributed by atoms with Gasteiger partial charge in [-0.3, -0.25) is 4.79 Å². The second kappa shape index (κ2) is 9.66. The van der Waals surface area contributed by atoms with Gasteiger partial charge in [0.05, 0.1) is 25.3 Å². The summed E-state index contributed by atoms with van der Waals surface area (Å²) in [5.74, 6) is 2.16. The van der Waals surface area contributed by atoms with Gasteiger partial charge in [0.15, 0.2) is 11.5 Å². The molecule has 1 aliphatic heterocycles. The lowest BCUT2D eigenvalue weighted by Crippen LogP contribution is -2.31. The number of rotatable bonds is 6. The summed E-state index contributed by atoms with van der Waals surface area (Å²) in [5, 5.41) is 3.96. The summed E-state index contributed by atoms with van der Waals surface area (Å²) in [5.41, 5.74) is 6.13. The lowest BCUT2D eigenvalue weighted by Gasteiger charge is -2.31. The molecular weight excluding hydrogens is 438 g/mol. The number of benzene rings is 3. The fourth-order valence-corrected chi connectivity index (χ4v) is 4.67. The number of carbonyl (C=O) groups excluding carboxylic acids is 1. The molecule has 0 atom stereocenters. The first-order valence-electron chi connectivity index (χ1n) is 11.8. The number of aromatic nitrogens is 1. The molecule has 3 aromatic carbocycles. The molecule has 0 saturated heterocycles. The van der Waals surface area contributed by atoms with Gasteiger partial charge in [0.2, 0.25) is 0 Å². The maximum Gasteiger partial charge on any atom is 0.252 e. The van der Waals surface area contributed by atoms with Crippen LogP contribution in [0.25, 0.3) is 10.9 Å². The molecule has 1 aliphatic rings. The van der Waals surface area contributed by atoms with E-state index < -0.39 is 0 Å². The minimum atomic E-state index is -0.100. The number of aryl methyl sites for hydroxylation is 1. The molecule has 5 rings (SSSR count). The normalized spacial score (nSPS) is 12.8. The number of pyridine rings is 1. The van der Waals surface area contributed by atoms with Crippen LogP contribution >= 0.6 is 0 Å². The summed E-state index contributed by atoms with van der Waals surface area (Å²) in [7, 11) is 3.31. The lowest BCUT2D eigenvalue weighted by atomic mass is 9.98. The molecule has 35 heavy (non-hydrogen) atoms. The highest BCUT2D eigenvalue weighted by Gasteiger charge is 2.22. The first-order valence-corrected chi connectivity index (χ1v) is 11.8. The van der Waals surface area contributed by atoms with Crippen molar-refractivity contribution in [3.8, 4) is 11.5 Å². The average Bonchev–Trinajstić information content (AvgIpc) is 2.90. The smallest absolute Gasteiger partial charge is 0.252 e. The number of methoxy groups -OCH3 is 2. The van der Waals surface area contributed by atoms with Crippen molar-refractivity contribution in [3.05, 3.63) is 94.5 Å². The van der Waals surface area contributed by atoms with E-state index in [0.717, 1.165) is 52.3 Å². The molecule has 1 amide bonds. The summed E-state index contributed by atoms with van der Waals surface area (Å²) in [6.45, 7) is 4.03. The van der Waals surface area contributed by atoms with Gasteiger partial charge in [0.1, 0.15) is 5.82 Å². The van der Waals surface area contributed by atoms with Gasteiger partial charge in [-0.2, -0.15) is 0 Å². The van der Waals surface area contributed by atoms with E-state index in [1.165, 1.54) is 11.1 Å². The third-order valence-electron chi connectivity index (χ3n) is 6.69. The predicted molar refractivity (Wildman–Crippen MR) is 138 cm³/mol. The molecule has 0 spiro atoms. The van der Waals surface area contributed by atoms with Crippen LogP contribution in [0, 0.1) is 6.92 Å². The molecule has 0 saturated carbocycles. The number of nitrogens with zero attached hydrogens (tertiary/aromatic N) is 2. The molecule has 6 heteroatoms. The van der Waals surface area contributed by atoms with Crippen molar-refractivity contribution in [2.45, 2.75) is 26.4 Å². The topological polar surface area (TPSA) is 63.7 Å². The Morgan fingerprint density at radius 1 is 0.971 bits per heavy atom. The maximum absolute atomic E-state index is 13.3.